The van der Waals surface area contributed by atoms with Crippen molar-refractivity contribution in [3.8, 4) is 5.69 Å². The molecule has 4 aromatic carbocycles. The number of anilines is 1. The van der Waals surface area contributed by atoms with Gasteiger partial charge in [0.15, 0.2) is 0 Å². The molecule has 10 heteroatoms. The van der Waals surface area contributed by atoms with Crippen LogP contribution in [0.1, 0.15) is 28.0 Å². The Labute approximate surface area is 264 Å². The highest BCUT2D eigenvalue weighted by molar-refractivity contribution is 6.04. The molecule has 236 valence electrons. The minimum atomic E-state index is -1.10. The third kappa shape index (κ3) is 7.47. The Hall–Kier alpha value is -5.35. The Morgan fingerprint density at radius 2 is 1.39 bits per heavy atom. The summed E-state index contributed by atoms with van der Waals surface area (Å²) in [5.74, 6) is -2.58. The van der Waals surface area contributed by atoms with Crippen LogP contribution in [0.15, 0.2) is 108 Å². The molecular weight excluding hydrogens is 590 g/mol. The zero-order valence-corrected chi connectivity index (χ0v) is 25.1. The van der Waals surface area contributed by atoms with Crippen LogP contribution < -0.4 is 16.2 Å². The van der Waals surface area contributed by atoms with Crippen molar-refractivity contribution in [3.05, 3.63) is 142 Å². The van der Waals surface area contributed by atoms with Crippen molar-refractivity contribution < 1.29 is 23.5 Å². The van der Waals surface area contributed by atoms with Crippen molar-refractivity contribution in [1.29, 1.82) is 0 Å². The maximum absolute atomic E-state index is 14.3. The molecule has 0 unspecified atom stereocenters. The topological polar surface area (TPSA) is 109 Å². The van der Waals surface area contributed by atoms with Gasteiger partial charge >= 0.3 is 5.97 Å². The molecular formula is C36H34F2N4O4. The molecule has 1 amide bonds. The molecule has 0 radical (unpaired) electrons. The maximum atomic E-state index is 14.3. The number of aromatic nitrogens is 1. The first-order chi connectivity index (χ1) is 22.2. The lowest BCUT2D eigenvalue weighted by Crippen LogP contribution is -2.47. The second-order valence-corrected chi connectivity index (χ2v) is 11.0. The van der Waals surface area contributed by atoms with Gasteiger partial charge < -0.3 is 15.7 Å². The molecule has 0 bridgehead atoms. The number of aromatic carboxylic acids is 1. The molecule has 8 nitrogen and oxygen atoms in total. The molecule has 1 aliphatic heterocycles. The van der Waals surface area contributed by atoms with Crippen molar-refractivity contribution in [3.63, 3.8) is 0 Å². The maximum Gasteiger partial charge on any atom is 0.338 e. The number of nitrogens with zero attached hydrogens (tertiary/aromatic N) is 3. The predicted molar refractivity (Wildman–Crippen MR) is 174 cm³/mol. The Morgan fingerprint density at radius 1 is 0.783 bits per heavy atom. The number of fused-ring (bicyclic) bond motifs is 1. The number of hydrogen-bond donors (Lipinski definition) is 2. The molecule has 46 heavy (non-hydrogen) atoms. The Bertz CT molecular complexity index is 1890. The van der Waals surface area contributed by atoms with Gasteiger partial charge in [-0.3, -0.25) is 19.1 Å². The Balaban J connectivity index is 0.000000322. The van der Waals surface area contributed by atoms with Crippen LogP contribution in [0.3, 0.4) is 0 Å². The molecule has 0 spiro atoms. The highest BCUT2D eigenvalue weighted by Gasteiger charge is 2.26. The first-order valence-corrected chi connectivity index (χ1v) is 14.9. The second kappa shape index (κ2) is 14.6. The SMILES string of the molecule is NC(=O)CCc1ccccc1.O=C(O)c1c(CN2CCN(c3ccc(F)cc3F)CC2)n(-c2ccccc2)c(=O)c2ccccc12. The largest absolute Gasteiger partial charge is 0.478 e. The summed E-state index contributed by atoms with van der Waals surface area (Å²) in [5, 5.41) is 10.9. The summed E-state index contributed by atoms with van der Waals surface area (Å²) in [6.45, 7) is 2.23. The third-order valence-corrected chi connectivity index (χ3v) is 7.92. The molecule has 1 aliphatic rings. The van der Waals surface area contributed by atoms with E-state index in [1.807, 2.05) is 46.2 Å². The smallest absolute Gasteiger partial charge is 0.338 e. The number of nitrogens with two attached hydrogens (primary N) is 1. The average molecular weight is 625 g/mol. The Morgan fingerprint density at radius 3 is 2.00 bits per heavy atom. The zero-order chi connectivity index (χ0) is 32.6. The predicted octanol–water partition coefficient (Wildman–Crippen LogP) is 5.39. The Kier molecular flexibility index (Phi) is 10.2. The van der Waals surface area contributed by atoms with Crippen molar-refractivity contribution in [2.75, 3.05) is 31.1 Å². The molecule has 0 saturated carbocycles. The molecule has 5 aromatic rings. The number of halogens is 2. The number of carbonyl (C=O) groups excluding carboxylic acids is 1. The van der Waals surface area contributed by atoms with Crippen LogP contribution in [0.4, 0.5) is 14.5 Å². The molecule has 3 N–H and O–H groups in total. The first kappa shape index (κ1) is 32.1. The van der Waals surface area contributed by atoms with Gasteiger partial charge in [0.25, 0.3) is 5.56 Å². The number of aryl methyl sites for hydroxylation is 1. The standard InChI is InChI=1S/C27H23F2N3O3.C9H11NO/c28-18-10-11-23(22(29)16-18)31-14-12-30(13-15-31)17-24-25(27(34)35)20-8-4-5-9-21(20)26(33)32(24)19-6-2-1-3-7-19;10-9(11)7-6-8-4-2-1-3-5-8/h1-11,16H,12-15,17H2,(H,34,35);1-5H,6-7H2,(H2,10,11). The van der Waals surface area contributed by atoms with Crippen LogP contribution in [0.25, 0.3) is 16.5 Å². The third-order valence-electron chi connectivity index (χ3n) is 7.92. The second-order valence-electron chi connectivity index (χ2n) is 11.0. The average Bonchev–Trinajstić information content (AvgIpc) is 3.05. The molecule has 0 atom stereocenters. The fraction of sp³-hybridized carbons (Fsp3) is 0.194. The number of hydrogen-bond acceptors (Lipinski definition) is 5. The molecule has 2 heterocycles. The minimum Gasteiger partial charge on any atom is -0.478 e. The van der Waals surface area contributed by atoms with E-state index in [0.717, 1.165) is 18.1 Å². The number of piperazine rings is 1. The van der Waals surface area contributed by atoms with E-state index in [9.17, 15) is 28.3 Å². The number of para-hydroxylation sites is 1. The molecule has 6 rings (SSSR count). The minimum absolute atomic E-state index is 0.0936. The van der Waals surface area contributed by atoms with E-state index in [0.29, 0.717) is 60.4 Å². The molecule has 1 saturated heterocycles. The lowest BCUT2D eigenvalue weighted by molar-refractivity contribution is -0.118. The van der Waals surface area contributed by atoms with E-state index in [-0.39, 0.29) is 23.6 Å². The van der Waals surface area contributed by atoms with Crippen LogP contribution >= 0.6 is 0 Å². The van der Waals surface area contributed by atoms with Crippen molar-refractivity contribution in [2.45, 2.75) is 19.4 Å². The van der Waals surface area contributed by atoms with Crippen LogP contribution in [0.2, 0.25) is 0 Å². The number of carboxylic acids is 1. The lowest BCUT2D eigenvalue weighted by atomic mass is 10.0. The van der Waals surface area contributed by atoms with Gasteiger partial charge in [-0.1, -0.05) is 66.7 Å². The van der Waals surface area contributed by atoms with Gasteiger partial charge in [0, 0.05) is 61.7 Å². The van der Waals surface area contributed by atoms with Gasteiger partial charge in [0.1, 0.15) is 11.6 Å². The monoisotopic (exact) mass is 624 g/mol. The summed E-state index contributed by atoms with van der Waals surface area (Å²) in [7, 11) is 0. The number of amides is 1. The first-order valence-electron chi connectivity index (χ1n) is 14.9. The summed E-state index contributed by atoms with van der Waals surface area (Å²) < 4.78 is 29.0. The highest BCUT2D eigenvalue weighted by atomic mass is 19.1. The van der Waals surface area contributed by atoms with Gasteiger partial charge in [-0.25, -0.2) is 13.6 Å². The van der Waals surface area contributed by atoms with E-state index >= 15 is 0 Å². The van der Waals surface area contributed by atoms with E-state index in [1.165, 1.54) is 16.7 Å². The van der Waals surface area contributed by atoms with Gasteiger partial charge in [-0.2, -0.15) is 0 Å². The summed E-state index contributed by atoms with van der Waals surface area (Å²) in [5.41, 5.74) is 7.30. The van der Waals surface area contributed by atoms with E-state index in [1.54, 1.807) is 48.5 Å². The fourth-order valence-electron chi connectivity index (χ4n) is 5.65. The summed E-state index contributed by atoms with van der Waals surface area (Å²) in [6.07, 6.45) is 1.18. The van der Waals surface area contributed by atoms with Crippen LogP contribution in [0.5, 0.6) is 0 Å². The fourth-order valence-corrected chi connectivity index (χ4v) is 5.65. The lowest BCUT2D eigenvalue weighted by Gasteiger charge is -2.36. The zero-order valence-electron chi connectivity index (χ0n) is 25.1. The normalized spacial score (nSPS) is 13.2. The van der Waals surface area contributed by atoms with Gasteiger partial charge in [0.05, 0.1) is 16.9 Å². The summed E-state index contributed by atoms with van der Waals surface area (Å²) in [4.78, 5) is 40.3. The number of benzene rings is 4. The van der Waals surface area contributed by atoms with Crippen molar-refractivity contribution in [2.24, 2.45) is 5.73 Å². The molecule has 0 aliphatic carbocycles. The number of pyridine rings is 1. The van der Waals surface area contributed by atoms with Gasteiger partial charge in [-0.05, 0) is 42.3 Å². The molecule has 1 aromatic heterocycles. The van der Waals surface area contributed by atoms with Gasteiger partial charge in [-0.15, -0.1) is 0 Å². The number of carbonyl (C=O) groups is 2. The molecule has 1 fully saturated rings. The van der Waals surface area contributed by atoms with Crippen LogP contribution in [-0.4, -0.2) is 52.6 Å². The van der Waals surface area contributed by atoms with E-state index in [4.69, 9.17) is 5.73 Å². The number of primary amides is 1. The van der Waals surface area contributed by atoms with Crippen molar-refractivity contribution >= 4 is 28.3 Å². The number of rotatable bonds is 8. The summed E-state index contributed by atoms with van der Waals surface area (Å²) >= 11 is 0. The number of carboxylic acid groups (broad SMARTS) is 1. The quantitative estimate of drug-likeness (QED) is 0.240. The van der Waals surface area contributed by atoms with E-state index in [2.05, 4.69) is 0 Å². The van der Waals surface area contributed by atoms with Crippen molar-refractivity contribution in [1.82, 2.24) is 9.47 Å². The van der Waals surface area contributed by atoms with Crippen LogP contribution in [0, 0.1) is 11.6 Å². The van der Waals surface area contributed by atoms with Crippen LogP contribution in [-0.2, 0) is 17.8 Å². The summed E-state index contributed by atoms with van der Waals surface area (Å²) in [6, 6.07) is 29.1. The highest BCUT2D eigenvalue weighted by Crippen LogP contribution is 2.26. The van der Waals surface area contributed by atoms with Gasteiger partial charge in [0.2, 0.25) is 5.91 Å². The van der Waals surface area contributed by atoms with E-state index < -0.39 is 17.6 Å².